The van der Waals surface area contributed by atoms with Gasteiger partial charge in [0.2, 0.25) is 5.91 Å². The van der Waals surface area contributed by atoms with E-state index in [-0.39, 0.29) is 5.91 Å². The number of likely N-dealkylation sites (N-methyl/N-ethyl adjacent to an activating group) is 1. The molecule has 0 bridgehead atoms. The van der Waals surface area contributed by atoms with Crippen molar-refractivity contribution < 1.29 is 4.79 Å². The third kappa shape index (κ3) is 2.58. The highest BCUT2D eigenvalue weighted by Gasteiger charge is 2.24. The fourth-order valence-corrected chi connectivity index (χ4v) is 2.32. The summed E-state index contributed by atoms with van der Waals surface area (Å²) >= 11 is 1.72. The normalized spacial score (nSPS) is 16.1. The van der Waals surface area contributed by atoms with Crippen LogP contribution in [0.1, 0.15) is 11.3 Å². The lowest BCUT2D eigenvalue weighted by molar-refractivity contribution is -0.132. The van der Waals surface area contributed by atoms with Gasteiger partial charge in [-0.1, -0.05) is 6.07 Å². The first-order valence-corrected chi connectivity index (χ1v) is 6.14. The maximum Gasteiger partial charge on any atom is 0.223 e. The number of amides is 1. The van der Waals surface area contributed by atoms with E-state index < -0.39 is 0 Å². The maximum absolute atomic E-state index is 11.8. The number of nitrogens with zero attached hydrogens (tertiary/aromatic N) is 1. The Morgan fingerprint density at radius 1 is 1.67 bits per heavy atom. The molecule has 1 N–H and O–H groups in total. The van der Waals surface area contributed by atoms with Crippen molar-refractivity contribution in [3.05, 3.63) is 22.4 Å². The van der Waals surface area contributed by atoms with Gasteiger partial charge in [-0.05, 0) is 17.9 Å². The summed E-state index contributed by atoms with van der Waals surface area (Å²) < 4.78 is 0. The quantitative estimate of drug-likeness (QED) is 0.831. The van der Waals surface area contributed by atoms with E-state index in [2.05, 4.69) is 16.8 Å². The van der Waals surface area contributed by atoms with Crippen LogP contribution in [0.4, 0.5) is 0 Å². The van der Waals surface area contributed by atoms with Crippen LogP contribution in [0.2, 0.25) is 0 Å². The van der Waals surface area contributed by atoms with Gasteiger partial charge in [0.1, 0.15) is 0 Å². The second-order valence-electron chi connectivity index (χ2n) is 3.90. The number of nitrogens with one attached hydrogen (secondary N) is 1. The zero-order valence-electron chi connectivity index (χ0n) is 8.90. The summed E-state index contributed by atoms with van der Waals surface area (Å²) in [6.45, 7) is 1.89. The van der Waals surface area contributed by atoms with E-state index >= 15 is 0 Å². The highest BCUT2D eigenvalue weighted by atomic mass is 32.1. The fraction of sp³-hybridized carbons (Fsp3) is 0.545. The molecule has 82 valence electrons. The molecule has 0 aliphatic carbocycles. The predicted molar refractivity (Wildman–Crippen MR) is 62.1 cm³/mol. The second kappa shape index (κ2) is 4.77. The molecule has 15 heavy (non-hydrogen) atoms. The molecule has 1 aromatic heterocycles. The van der Waals surface area contributed by atoms with Crippen molar-refractivity contribution in [3.8, 4) is 0 Å². The Hall–Kier alpha value is -0.870. The van der Waals surface area contributed by atoms with E-state index in [9.17, 15) is 4.79 Å². The van der Waals surface area contributed by atoms with Gasteiger partial charge in [0.15, 0.2) is 0 Å². The Morgan fingerprint density at radius 3 is 3.00 bits per heavy atom. The van der Waals surface area contributed by atoms with Gasteiger partial charge in [-0.3, -0.25) is 4.79 Å². The molecule has 0 spiro atoms. The van der Waals surface area contributed by atoms with E-state index in [1.807, 2.05) is 18.0 Å². The number of hydrogen-bond acceptors (Lipinski definition) is 3. The zero-order chi connectivity index (χ0) is 10.7. The van der Waals surface area contributed by atoms with Gasteiger partial charge in [0, 0.05) is 31.4 Å². The van der Waals surface area contributed by atoms with Crippen molar-refractivity contribution in [2.75, 3.05) is 20.1 Å². The minimum Gasteiger partial charge on any atom is -0.340 e. The van der Waals surface area contributed by atoms with Gasteiger partial charge in [-0.25, -0.2) is 0 Å². The first-order valence-electron chi connectivity index (χ1n) is 5.26. The summed E-state index contributed by atoms with van der Waals surface area (Å²) in [6, 6.07) is 4.54. The number of carbonyl (C=O) groups is 1. The molecule has 1 aromatic rings. The molecule has 1 aliphatic heterocycles. The number of aryl methyl sites for hydroxylation is 1. The van der Waals surface area contributed by atoms with E-state index in [1.54, 1.807) is 11.3 Å². The van der Waals surface area contributed by atoms with E-state index in [0.717, 1.165) is 19.5 Å². The summed E-state index contributed by atoms with van der Waals surface area (Å²) in [7, 11) is 1.91. The van der Waals surface area contributed by atoms with E-state index in [1.165, 1.54) is 4.88 Å². The van der Waals surface area contributed by atoms with Crippen LogP contribution in [0, 0.1) is 0 Å². The van der Waals surface area contributed by atoms with Gasteiger partial charge in [-0.15, -0.1) is 11.3 Å². The minimum absolute atomic E-state index is 0.259. The van der Waals surface area contributed by atoms with Crippen LogP contribution in [0.3, 0.4) is 0 Å². The number of hydrogen-bond donors (Lipinski definition) is 1. The number of thiophene rings is 1. The summed E-state index contributed by atoms with van der Waals surface area (Å²) in [5.74, 6) is 0.259. The van der Waals surface area contributed by atoms with Crippen molar-refractivity contribution in [1.82, 2.24) is 10.2 Å². The number of rotatable bonds is 4. The molecule has 0 unspecified atom stereocenters. The molecule has 2 heterocycles. The third-order valence-corrected chi connectivity index (χ3v) is 3.80. The molecule has 1 aliphatic rings. The molecule has 4 heteroatoms. The van der Waals surface area contributed by atoms with Crippen LogP contribution in [0.25, 0.3) is 0 Å². The van der Waals surface area contributed by atoms with Gasteiger partial charge in [-0.2, -0.15) is 0 Å². The van der Waals surface area contributed by atoms with Crippen molar-refractivity contribution in [2.24, 2.45) is 0 Å². The second-order valence-corrected chi connectivity index (χ2v) is 4.93. The summed E-state index contributed by atoms with van der Waals surface area (Å²) in [5.41, 5.74) is 0. The van der Waals surface area contributed by atoms with Gasteiger partial charge < -0.3 is 10.2 Å². The molecule has 1 amide bonds. The number of carbonyl (C=O) groups excluding carboxylic acids is 1. The first-order chi connectivity index (χ1) is 7.27. The topological polar surface area (TPSA) is 32.3 Å². The third-order valence-electron chi connectivity index (χ3n) is 2.87. The fourth-order valence-electron chi connectivity index (χ4n) is 1.61. The summed E-state index contributed by atoms with van der Waals surface area (Å²) in [6.07, 6.45) is 1.51. The zero-order valence-corrected chi connectivity index (χ0v) is 9.72. The Kier molecular flexibility index (Phi) is 3.38. The first kappa shape index (κ1) is 10.6. The van der Waals surface area contributed by atoms with E-state index in [0.29, 0.717) is 12.5 Å². The SMILES string of the molecule is CN(C(=O)CCc1cccs1)C1CNC1. The predicted octanol–water partition coefficient (Wildman–Crippen LogP) is 1.11. The Labute approximate surface area is 94.1 Å². The molecule has 0 aromatic carbocycles. The van der Waals surface area contributed by atoms with Gasteiger partial charge >= 0.3 is 0 Å². The lowest BCUT2D eigenvalue weighted by atomic mass is 10.1. The summed E-state index contributed by atoms with van der Waals surface area (Å²) in [4.78, 5) is 14.9. The highest BCUT2D eigenvalue weighted by Crippen LogP contribution is 2.12. The van der Waals surface area contributed by atoms with Crippen LogP contribution in [-0.2, 0) is 11.2 Å². The smallest absolute Gasteiger partial charge is 0.223 e. The van der Waals surface area contributed by atoms with Gasteiger partial charge in [0.25, 0.3) is 0 Å². The molecular formula is C11H16N2OS. The van der Waals surface area contributed by atoms with Crippen LogP contribution >= 0.6 is 11.3 Å². The van der Waals surface area contributed by atoms with Gasteiger partial charge in [0.05, 0.1) is 6.04 Å². The Bertz CT molecular complexity index is 319. The molecular weight excluding hydrogens is 208 g/mol. The van der Waals surface area contributed by atoms with E-state index in [4.69, 9.17) is 0 Å². The van der Waals surface area contributed by atoms with Crippen LogP contribution in [-0.4, -0.2) is 37.0 Å². The average Bonchev–Trinajstić information content (AvgIpc) is 2.63. The lowest BCUT2D eigenvalue weighted by Crippen LogP contribution is -2.57. The van der Waals surface area contributed by atoms with Crippen LogP contribution < -0.4 is 5.32 Å². The Morgan fingerprint density at radius 2 is 2.47 bits per heavy atom. The standard InChI is InChI=1S/C11H16N2OS/c1-13(9-7-12-8-9)11(14)5-4-10-3-2-6-15-10/h2-3,6,9,12H,4-5,7-8H2,1H3. The monoisotopic (exact) mass is 224 g/mol. The molecule has 2 rings (SSSR count). The molecule has 0 saturated carbocycles. The molecule has 0 atom stereocenters. The Balaban J connectivity index is 1.76. The van der Waals surface area contributed by atoms with Crippen LogP contribution in [0.5, 0.6) is 0 Å². The van der Waals surface area contributed by atoms with Crippen LogP contribution in [0.15, 0.2) is 17.5 Å². The molecule has 0 radical (unpaired) electrons. The molecule has 3 nitrogen and oxygen atoms in total. The highest BCUT2D eigenvalue weighted by molar-refractivity contribution is 7.09. The largest absolute Gasteiger partial charge is 0.340 e. The maximum atomic E-state index is 11.8. The summed E-state index contributed by atoms with van der Waals surface area (Å²) in [5, 5.41) is 5.23. The molecule has 1 fully saturated rings. The van der Waals surface area contributed by atoms with Crippen molar-refractivity contribution in [1.29, 1.82) is 0 Å². The average molecular weight is 224 g/mol. The minimum atomic E-state index is 0.259. The van der Waals surface area contributed by atoms with Crippen molar-refractivity contribution in [2.45, 2.75) is 18.9 Å². The lowest BCUT2D eigenvalue weighted by Gasteiger charge is -2.35. The molecule has 1 saturated heterocycles. The van der Waals surface area contributed by atoms with Crippen molar-refractivity contribution in [3.63, 3.8) is 0 Å². The van der Waals surface area contributed by atoms with Crippen molar-refractivity contribution >= 4 is 17.2 Å².